The second kappa shape index (κ2) is 5.19. The molecule has 2 heterocycles. The van der Waals surface area contributed by atoms with Crippen molar-refractivity contribution >= 4 is 23.0 Å². The predicted molar refractivity (Wildman–Crippen MR) is 70.0 cm³/mol. The van der Waals surface area contributed by atoms with Crippen molar-refractivity contribution in [1.29, 1.82) is 0 Å². The number of hydrogen-bond acceptors (Lipinski definition) is 4. The van der Waals surface area contributed by atoms with E-state index in [2.05, 4.69) is 17.5 Å². The molecule has 0 bridgehead atoms. The maximum atomic E-state index is 11.1. The number of nitrogens with zero attached hydrogens (tertiary/aromatic N) is 1. The number of likely N-dealkylation sites (N-methyl/N-ethyl adjacent to an activating group) is 1. The predicted octanol–water partition coefficient (Wildman–Crippen LogP) is 3.22. The van der Waals surface area contributed by atoms with E-state index in [0.717, 1.165) is 18.8 Å². The van der Waals surface area contributed by atoms with E-state index in [1.807, 2.05) is 18.0 Å². The summed E-state index contributed by atoms with van der Waals surface area (Å²) in [5.74, 6) is 1.12. The van der Waals surface area contributed by atoms with Gasteiger partial charge in [0, 0.05) is 31.5 Å². The minimum absolute atomic E-state index is 0.0390. The number of furan rings is 1. The molecule has 2 rings (SSSR count). The van der Waals surface area contributed by atoms with Gasteiger partial charge in [0.1, 0.15) is 0 Å². The van der Waals surface area contributed by atoms with Crippen molar-refractivity contribution in [3.8, 4) is 0 Å². The van der Waals surface area contributed by atoms with Gasteiger partial charge in [-0.25, -0.2) is 0 Å². The fraction of sp³-hybridized carbons (Fsp3) is 0.308. The first kappa shape index (κ1) is 11.9. The van der Waals surface area contributed by atoms with Gasteiger partial charge in [0.05, 0.1) is 0 Å². The zero-order valence-electron chi connectivity index (χ0n) is 9.97. The summed E-state index contributed by atoms with van der Waals surface area (Å²) in [6, 6.07) is 7.74. The lowest BCUT2D eigenvalue weighted by molar-refractivity contribution is 0.0988. The number of anilines is 1. The molecule has 0 fully saturated rings. The minimum atomic E-state index is -0.0390. The summed E-state index contributed by atoms with van der Waals surface area (Å²) in [4.78, 5) is 14.5. The summed E-state index contributed by atoms with van der Waals surface area (Å²) in [5, 5.41) is 2.08. The fourth-order valence-corrected chi connectivity index (χ4v) is 2.26. The highest BCUT2D eigenvalue weighted by Gasteiger charge is 2.09. The largest absolute Gasteiger partial charge is 0.437 e. The van der Waals surface area contributed by atoms with E-state index < -0.39 is 0 Å². The minimum Gasteiger partial charge on any atom is -0.437 e. The number of ketones is 1. The van der Waals surface area contributed by atoms with Gasteiger partial charge in [-0.15, -0.1) is 11.3 Å². The van der Waals surface area contributed by atoms with E-state index in [9.17, 15) is 4.79 Å². The molecule has 0 aliphatic heterocycles. The van der Waals surface area contributed by atoms with Gasteiger partial charge in [-0.2, -0.15) is 0 Å². The number of rotatable bonds is 5. The molecule has 0 saturated heterocycles. The highest BCUT2D eigenvalue weighted by atomic mass is 32.1. The first-order valence-electron chi connectivity index (χ1n) is 5.51. The Kier molecular flexibility index (Phi) is 3.64. The smallest absolute Gasteiger partial charge is 0.196 e. The molecular formula is C13H15NO2S. The maximum Gasteiger partial charge on any atom is 0.196 e. The van der Waals surface area contributed by atoms with Crippen LogP contribution in [0.1, 0.15) is 22.4 Å². The molecule has 0 aromatic carbocycles. The van der Waals surface area contributed by atoms with Crippen LogP contribution < -0.4 is 4.90 Å². The third-order valence-corrected chi connectivity index (χ3v) is 3.52. The van der Waals surface area contributed by atoms with E-state index in [-0.39, 0.29) is 5.78 Å². The monoisotopic (exact) mass is 249 g/mol. The summed E-state index contributed by atoms with van der Waals surface area (Å²) < 4.78 is 5.46. The van der Waals surface area contributed by atoms with Gasteiger partial charge in [-0.3, -0.25) is 4.79 Å². The van der Waals surface area contributed by atoms with Gasteiger partial charge in [0.15, 0.2) is 17.4 Å². The molecule has 0 radical (unpaired) electrons. The van der Waals surface area contributed by atoms with Gasteiger partial charge in [0.2, 0.25) is 0 Å². The average molecular weight is 249 g/mol. The van der Waals surface area contributed by atoms with Crippen molar-refractivity contribution < 1.29 is 9.21 Å². The van der Waals surface area contributed by atoms with E-state index >= 15 is 0 Å². The SMILES string of the molecule is CC(=O)c1ccc(N(C)CCc2cccs2)o1. The molecule has 17 heavy (non-hydrogen) atoms. The Morgan fingerprint density at radius 1 is 1.41 bits per heavy atom. The van der Waals surface area contributed by atoms with Crippen LogP contribution in [0.3, 0.4) is 0 Å². The zero-order chi connectivity index (χ0) is 12.3. The molecule has 2 aromatic rings. The van der Waals surface area contributed by atoms with Gasteiger partial charge < -0.3 is 9.32 Å². The van der Waals surface area contributed by atoms with Crippen LogP contribution in [-0.2, 0) is 6.42 Å². The van der Waals surface area contributed by atoms with Crippen LogP contribution in [-0.4, -0.2) is 19.4 Å². The molecule has 0 atom stereocenters. The molecule has 0 spiro atoms. The Labute approximate surface area is 105 Å². The molecule has 0 saturated carbocycles. The van der Waals surface area contributed by atoms with Crippen molar-refractivity contribution in [1.82, 2.24) is 0 Å². The summed E-state index contributed by atoms with van der Waals surface area (Å²) in [6.07, 6.45) is 0.990. The third kappa shape index (κ3) is 2.97. The second-order valence-electron chi connectivity index (χ2n) is 3.94. The number of hydrogen-bond donors (Lipinski definition) is 0. The molecule has 90 valence electrons. The van der Waals surface area contributed by atoms with Gasteiger partial charge in [-0.05, 0) is 23.9 Å². The first-order chi connectivity index (χ1) is 8.16. The van der Waals surface area contributed by atoms with Crippen molar-refractivity contribution in [3.63, 3.8) is 0 Å². The summed E-state index contributed by atoms with van der Waals surface area (Å²) in [6.45, 7) is 2.39. The summed E-state index contributed by atoms with van der Waals surface area (Å²) >= 11 is 1.76. The normalized spacial score (nSPS) is 10.5. The topological polar surface area (TPSA) is 33.5 Å². The van der Waals surface area contributed by atoms with Crippen molar-refractivity contribution in [2.45, 2.75) is 13.3 Å². The molecule has 0 aliphatic rings. The molecule has 4 heteroatoms. The van der Waals surface area contributed by atoms with Crippen molar-refractivity contribution in [3.05, 3.63) is 40.3 Å². The lowest BCUT2D eigenvalue weighted by Crippen LogP contribution is -2.19. The van der Waals surface area contributed by atoms with Gasteiger partial charge in [0.25, 0.3) is 0 Å². The Morgan fingerprint density at radius 2 is 2.24 bits per heavy atom. The summed E-state index contributed by atoms with van der Waals surface area (Å²) in [5.41, 5.74) is 0. The van der Waals surface area contributed by atoms with Gasteiger partial charge >= 0.3 is 0 Å². The number of thiophene rings is 1. The first-order valence-corrected chi connectivity index (χ1v) is 6.39. The highest BCUT2D eigenvalue weighted by molar-refractivity contribution is 7.09. The summed E-state index contributed by atoms with van der Waals surface area (Å²) in [7, 11) is 1.97. The lowest BCUT2D eigenvalue weighted by Gasteiger charge is -2.14. The van der Waals surface area contributed by atoms with Crippen LogP contribution in [0.25, 0.3) is 0 Å². The maximum absolute atomic E-state index is 11.1. The number of carbonyl (C=O) groups excluding carboxylic acids is 1. The third-order valence-electron chi connectivity index (χ3n) is 2.59. The molecule has 0 amide bonds. The average Bonchev–Trinajstić information content (AvgIpc) is 2.96. The van der Waals surface area contributed by atoms with Crippen LogP contribution in [0.5, 0.6) is 0 Å². The van der Waals surface area contributed by atoms with Crippen LogP contribution in [0, 0.1) is 0 Å². The van der Waals surface area contributed by atoms with Crippen LogP contribution in [0.4, 0.5) is 5.88 Å². The lowest BCUT2D eigenvalue weighted by atomic mass is 10.3. The van der Waals surface area contributed by atoms with E-state index in [1.165, 1.54) is 11.8 Å². The van der Waals surface area contributed by atoms with Crippen molar-refractivity contribution in [2.75, 3.05) is 18.5 Å². The van der Waals surface area contributed by atoms with E-state index in [4.69, 9.17) is 4.42 Å². The molecule has 0 unspecified atom stereocenters. The number of Topliss-reactive ketones (excluding diaryl/α,β-unsaturated/α-hetero) is 1. The van der Waals surface area contributed by atoms with Crippen LogP contribution in [0.2, 0.25) is 0 Å². The highest BCUT2D eigenvalue weighted by Crippen LogP contribution is 2.18. The molecule has 0 aliphatic carbocycles. The molecular weight excluding hydrogens is 234 g/mol. The Balaban J connectivity index is 1.94. The zero-order valence-corrected chi connectivity index (χ0v) is 10.8. The standard InChI is InChI=1S/C13H15NO2S/c1-10(15)12-5-6-13(16-12)14(2)8-7-11-4-3-9-17-11/h3-6,9H,7-8H2,1-2H3. The molecule has 2 aromatic heterocycles. The second-order valence-corrected chi connectivity index (χ2v) is 4.98. The number of carbonyl (C=O) groups is 1. The Morgan fingerprint density at radius 3 is 2.82 bits per heavy atom. The molecule has 0 N–H and O–H groups in total. The quantitative estimate of drug-likeness (QED) is 0.763. The van der Waals surface area contributed by atoms with E-state index in [0.29, 0.717) is 5.76 Å². The Bertz CT molecular complexity index is 487. The van der Waals surface area contributed by atoms with Crippen molar-refractivity contribution in [2.24, 2.45) is 0 Å². The van der Waals surface area contributed by atoms with Crippen LogP contribution >= 0.6 is 11.3 Å². The van der Waals surface area contributed by atoms with Gasteiger partial charge in [-0.1, -0.05) is 6.07 Å². The fourth-order valence-electron chi connectivity index (χ4n) is 1.56. The Hall–Kier alpha value is -1.55. The molecule has 3 nitrogen and oxygen atoms in total. The van der Waals surface area contributed by atoms with Crippen LogP contribution in [0.15, 0.2) is 34.1 Å². The van der Waals surface area contributed by atoms with E-state index in [1.54, 1.807) is 17.4 Å².